The molecule has 1 N–H and O–H groups in total. The Morgan fingerprint density at radius 2 is 1.67 bits per heavy atom. The number of piperazine rings is 1. The molecule has 4 nitrogen and oxygen atoms in total. The van der Waals surface area contributed by atoms with Crippen molar-refractivity contribution in [2.75, 3.05) is 50.7 Å². The van der Waals surface area contributed by atoms with Gasteiger partial charge in [-0.25, -0.2) is 4.98 Å². The van der Waals surface area contributed by atoms with Gasteiger partial charge < -0.3 is 15.1 Å². The Morgan fingerprint density at radius 3 is 2.40 bits per heavy atom. The van der Waals surface area contributed by atoms with Crippen LogP contribution in [0.1, 0.15) is 25.8 Å². The minimum atomic E-state index is 1.04. The Morgan fingerprint density at radius 1 is 0.900 bits per heavy atom. The van der Waals surface area contributed by atoms with Crippen LogP contribution >= 0.6 is 0 Å². The Labute approximate surface area is 180 Å². The highest BCUT2D eigenvalue weighted by Crippen LogP contribution is 2.30. The summed E-state index contributed by atoms with van der Waals surface area (Å²) >= 11 is 0. The number of fused-ring (bicyclic) bond motifs is 1. The molecule has 0 saturated carbocycles. The standard InChI is InChI=1S/C26H34N4/c1-3-14-27-15-13-21-9-11-22(12-10-21)25-20-23-7-5-6-8-24(23)26(28-25)30-18-16-29(4-2)17-19-30/h5-12,20,27H,3-4,13-19H2,1-2H3. The van der Waals surface area contributed by atoms with E-state index in [1.807, 2.05) is 0 Å². The highest BCUT2D eigenvalue weighted by atomic mass is 15.3. The molecule has 1 fully saturated rings. The van der Waals surface area contributed by atoms with Gasteiger partial charge in [-0.05, 0) is 49.5 Å². The van der Waals surface area contributed by atoms with Gasteiger partial charge in [0.05, 0.1) is 5.69 Å². The van der Waals surface area contributed by atoms with E-state index in [0.29, 0.717) is 0 Å². The smallest absolute Gasteiger partial charge is 0.137 e. The van der Waals surface area contributed by atoms with Crippen molar-refractivity contribution in [1.29, 1.82) is 0 Å². The number of hydrogen-bond acceptors (Lipinski definition) is 4. The van der Waals surface area contributed by atoms with E-state index in [9.17, 15) is 0 Å². The summed E-state index contributed by atoms with van der Waals surface area (Å²) in [7, 11) is 0. The summed E-state index contributed by atoms with van der Waals surface area (Å²) in [6.07, 6.45) is 2.25. The Hall–Kier alpha value is -2.43. The second-order valence-corrected chi connectivity index (χ2v) is 8.17. The van der Waals surface area contributed by atoms with Crippen molar-refractivity contribution in [1.82, 2.24) is 15.2 Å². The molecule has 0 atom stereocenters. The minimum Gasteiger partial charge on any atom is -0.354 e. The van der Waals surface area contributed by atoms with Crippen molar-refractivity contribution < 1.29 is 0 Å². The lowest BCUT2D eigenvalue weighted by Gasteiger charge is -2.35. The third kappa shape index (κ3) is 4.82. The molecule has 4 heteroatoms. The van der Waals surface area contributed by atoms with Crippen LogP contribution in [0.25, 0.3) is 22.0 Å². The van der Waals surface area contributed by atoms with Gasteiger partial charge in [-0.1, -0.05) is 62.4 Å². The lowest BCUT2D eigenvalue weighted by molar-refractivity contribution is 0.271. The molecule has 1 saturated heterocycles. The summed E-state index contributed by atoms with van der Waals surface area (Å²) in [6, 6.07) is 19.8. The third-order valence-corrected chi connectivity index (χ3v) is 6.11. The van der Waals surface area contributed by atoms with E-state index in [4.69, 9.17) is 4.98 Å². The highest BCUT2D eigenvalue weighted by Gasteiger charge is 2.19. The quantitative estimate of drug-likeness (QED) is 0.559. The highest BCUT2D eigenvalue weighted by molar-refractivity contribution is 5.95. The van der Waals surface area contributed by atoms with Crippen LogP contribution in [0.4, 0.5) is 5.82 Å². The molecule has 158 valence electrons. The maximum absolute atomic E-state index is 5.16. The first kappa shape index (κ1) is 20.8. The number of benzene rings is 2. The van der Waals surface area contributed by atoms with Gasteiger partial charge in [0.1, 0.15) is 5.82 Å². The maximum Gasteiger partial charge on any atom is 0.137 e. The minimum absolute atomic E-state index is 1.04. The van der Waals surface area contributed by atoms with Gasteiger partial charge in [0.2, 0.25) is 0 Å². The summed E-state index contributed by atoms with van der Waals surface area (Å²) in [4.78, 5) is 10.1. The first-order valence-corrected chi connectivity index (χ1v) is 11.5. The molecule has 1 aliphatic heterocycles. The van der Waals surface area contributed by atoms with Crippen molar-refractivity contribution in [2.24, 2.45) is 0 Å². The van der Waals surface area contributed by atoms with Crippen molar-refractivity contribution in [2.45, 2.75) is 26.7 Å². The predicted molar refractivity (Wildman–Crippen MR) is 128 cm³/mol. The maximum atomic E-state index is 5.16. The molecule has 1 aliphatic rings. The summed E-state index contributed by atoms with van der Waals surface area (Å²) < 4.78 is 0. The number of rotatable bonds is 8. The van der Waals surface area contributed by atoms with Crippen LogP contribution in [0.2, 0.25) is 0 Å². The number of anilines is 1. The zero-order chi connectivity index (χ0) is 20.8. The van der Waals surface area contributed by atoms with E-state index in [0.717, 1.165) is 63.7 Å². The van der Waals surface area contributed by atoms with E-state index >= 15 is 0 Å². The predicted octanol–water partition coefficient (Wildman–Crippen LogP) is 4.59. The van der Waals surface area contributed by atoms with Gasteiger partial charge in [-0.2, -0.15) is 0 Å². The molecule has 4 rings (SSSR count). The molecule has 30 heavy (non-hydrogen) atoms. The molecule has 0 bridgehead atoms. The normalized spacial score (nSPS) is 15.1. The van der Waals surface area contributed by atoms with Crippen molar-refractivity contribution in [3.63, 3.8) is 0 Å². The van der Waals surface area contributed by atoms with Crippen LogP contribution in [0.3, 0.4) is 0 Å². The first-order valence-electron chi connectivity index (χ1n) is 11.5. The van der Waals surface area contributed by atoms with Crippen LogP contribution in [0.15, 0.2) is 54.6 Å². The molecule has 2 aromatic carbocycles. The first-order chi connectivity index (χ1) is 14.8. The molecule has 0 amide bonds. The second-order valence-electron chi connectivity index (χ2n) is 8.17. The number of likely N-dealkylation sites (N-methyl/N-ethyl adjacent to an activating group) is 1. The molecule has 0 spiro atoms. The van der Waals surface area contributed by atoms with E-state index in [1.165, 1.54) is 28.3 Å². The zero-order valence-electron chi connectivity index (χ0n) is 18.4. The molecule has 0 aliphatic carbocycles. The summed E-state index contributed by atoms with van der Waals surface area (Å²) in [5, 5.41) is 6.00. The van der Waals surface area contributed by atoms with Crippen LogP contribution < -0.4 is 10.2 Å². The zero-order valence-corrected chi connectivity index (χ0v) is 18.4. The van der Waals surface area contributed by atoms with Gasteiger partial charge in [-0.3, -0.25) is 0 Å². The topological polar surface area (TPSA) is 31.4 Å². The molecule has 2 heterocycles. The molecular formula is C26H34N4. The van der Waals surface area contributed by atoms with Gasteiger partial charge in [0, 0.05) is 37.1 Å². The lowest BCUT2D eigenvalue weighted by Crippen LogP contribution is -2.46. The van der Waals surface area contributed by atoms with Crippen molar-refractivity contribution in [3.05, 3.63) is 60.2 Å². The average molecular weight is 403 g/mol. The number of nitrogens with one attached hydrogen (secondary N) is 1. The van der Waals surface area contributed by atoms with Crippen molar-refractivity contribution >= 4 is 16.6 Å². The fraction of sp³-hybridized carbons (Fsp3) is 0.423. The van der Waals surface area contributed by atoms with E-state index in [1.54, 1.807) is 0 Å². The molecule has 1 aromatic heterocycles. The van der Waals surface area contributed by atoms with Crippen LogP contribution in [-0.2, 0) is 6.42 Å². The van der Waals surface area contributed by atoms with Crippen molar-refractivity contribution in [3.8, 4) is 11.3 Å². The van der Waals surface area contributed by atoms with E-state index in [2.05, 4.69) is 83.6 Å². The van der Waals surface area contributed by atoms with E-state index in [-0.39, 0.29) is 0 Å². The fourth-order valence-corrected chi connectivity index (χ4v) is 4.22. The summed E-state index contributed by atoms with van der Waals surface area (Å²) in [5.74, 6) is 1.13. The fourth-order valence-electron chi connectivity index (χ4n) is 4.22. The largest absolute Gasteiger partial charge is 0.354 e. The van der Waals surface area contributed by atoms with Gasteiger partial charge in [0.15, 0.2) is 0 Å². The molecule has 3 aromatic rings. The van der Waals surface area contributed by atoms with Crippen LogP contribution in [0.5, 0.6) is 0 Å². The van der Waals surface area contributed by atoms with Gasteiger partial charge in [0.25, 0.3) is 0 Å². The number of pyridine rings is 1. The monoisotopic (exact) mass is 402 g/mol. The third-order valence-electron chi connectivity index (χ3n) is 6.11. The Kier molecular flexibility index (Phi) is 6.98. The summed E-state index contributed by atoms with van der Waals surface area (Å²) in [6.45, 7) is 12.0. The summed E-state index contributed by atoms with van der Waals surface area (Å²) in [5.41, 5.74) is 3.63. The average Bonchev–Trinajstić information content (AvgIpc) is 2.81. The lowest BCUT2D eigenvalue weighted by atomic mass is 10.0. The number of nitrogens with zero attached hydrogens (tertiary/aromatic N) is 3. The molecule has 0 unspecified atom stereocenters. The molecule has 0 radical (unpaired) electrons. The van der Waals surface area contributed by atoms with Gasteiger partial charge in [-0.15, -0.1) is 0 Å². The van der Waals surface area contributed by atoms with E-state index < -0.39 is 0 Å². The van der Waals surface area contributed by atoms with Crippen LogP contribution in [-0.4, -0.2) is 55.7 Å². The Bertz CT molecular complexity index is 943. The number of aromatic nitrogens is 1. The Balaban J connectivity index is 1.59. The number of hydrogen-bond donors (Lipinski definition) is 1. The second kappa shape index (κ2) is 10.1. The van der Waals surface area contributed by atoms with Gasteiger partial charge >= 0.3 is 0 Å². The molecular weight excluding hydrogens is 368 g/mol. The SMILES string of the molecule is CCCNCCc1ccc(-c2cc3ccccc3c(N3CCN(CC)CC3)n2)cc1. The van der Waals surface area contributed by atoms with Crippen LogP contribution in [0, 0.1) is 0 Å².